The summed E-state index contributed by atoms with van der Waals surface area (Å²) in [4.78, 5) is 13.7. The smallest absolute Gasteiger partial charge is 0.200 e. The molecular weight excluding hydrogens is 350 g/mol. The van der Waals surface area contributed by atoms with Crippen LogP contribution in [0.2, 0.25) is 0 Å². The molecule has 3 heterocycles. The van der Waals surface area contributed by atoms with E-state index in [0.717, 1.165) is 40.9 Å². The van der Waals surface area contributed by atoms with Crippen LogP contribution in [0, 0.1) is 12.3 Å². The number of aryl methyl sites for hydroxylation is 1. The lowest BCUT2D eigenvalue weighted by Gasteiger charge is -2.40. The SMILES string of the molecule is Cc1cnc(N)cc1-c1[nH]nc2nc(C3CCC4(CCC[C@H]4N)CC3)cnc12. The third-order valence-corrected chi connectivity index (χ3v) is 7.05. The molecule has 1 spiro atoms. The summed E-state index contributed by atoms with van der Waals surface area (Å²) >= 11 is 0. The van der Waals surface area contributed by atoms with Crippen molar-refractivity contribution in [1.82, 2.24) is 25.1 Å². The van der Waals surface area contributed by atoms with Crippen molar-refractivity contribution >= 4 is 17.0 Å². The number of rotatable bonds is 2. The number of pyridine rings is 1. The first-order valence-electron chi connectivity index (χ1n) is 10.2. The van der Waals surface area contributed by atoms with Gasteiger partial charge in [-0.05, 0) is 62.5 Å². The van der Waals surface area contributed by atoms with Gasteiger partial charge in [-0.15, -0.1) is 0 Å². The summed E-state index contributed by atoms with van der Waals surface area (Å²) in [5, 5.41) is 7.52. The Morgan fingerprint density at radius 2 is 1.93 bits per heavy atom. The first-order chi connectivity index (χ1) is 13.6. The summed E-state index contributed by atoms with van der Waals surface area (Å²) < 4.78 is 0. The largest absolute Gasteiger partial charge is 0.384 e. The molecule has 5 rings (SSSR count). The van der Waals surface area contributed by atoms with E-state index in [1.54, 1.807) is 6.20 Å². The maximum absolute atomic E-state index is 6.43. The van der Waals surface area contributed by atoms with Crippen LogP contribution in [-0.2, 0) is 0 Å². The van der Waals surface area contributed by atoms with Gasteiger partial charge in [0.05, 0.1) is 11.4 Å². The zero-order valence-electron chi connectivity index (χ0n) is 16.3. The Balaban J connectivity index is 1.42. The third-order valence-electron chi connectivity index (χ3n) is 7.05. The molecule has 2 saturated carbocycles. The summed E-state index contributed by atoms with van der Waals surface area (Å²) in [7, 11) is 0. The van der Waals surface area contributed by atoms with Crippen LogP contribution in [-0.4, -0.2) is 31.2 Å². The fraction of sp³-hybridized carbons (Fsp3) is 0.524. The molecule has 2 aliphatic rings. The van der Waals surface area contributed by atoms with Crippen molar-refractivity contribution < 1.29 is 0 Å². The van der Waals surface area contributed by atoms with Crippen LogP contribution in [0.5, 0.6) is 0 Å². The van der Waals surface area contributed by atoms with E-state index in [1.165, 1.54) is 32.1 Å². The molecule has 3 aromatic heterocycles. The van der Waals surface area contributed by atoms with E-state index in [0.29, 0.717) is 28.8 Å². The van der Waals surface area contributed by atoms with Gasteiger partial charge < -0.3 is 11.5 Å². The van der Waals surface area contributed by atoms with E-state index in [9.17, 15) is 0 Å². The summed E-state index contributed by atoms with van der Waals surface area (Å²) in [6, 6.07) is 2.23. The van der Waals surface area contributed by atoms with E-state index >= 15 is 0 Å². The number of nitrogens with two attached hydrogens (primary N) is 2. The number of fused-ring (bicyclic) bond motifs is 1. The van der Waals surface area contributed by atoms with Crippen LogP contribution in [0.4, 0.5) is 5.82 Å². The van der Waals surface area contributed by atoms with Crippen molar-refractivity contribution in [3.63, 3.8) is 0 Å². The molecule has 0 bridgehead atoms. The van der Waals surface area contributed by atoms with Crippen LogP contribution in [0.15, 0.2) is 18.5 Å². The minimum absolute atomic E-state index is 0.381. The molecule has 28 heavy (non-hydrogen) atoms. The Kier molecular flexibility index (Phi) is 4.08. The quantitative estimate of drug-likeness (QED) is 0.629. The molecule has 0 aromatic carbocycles. The molecule has 0 amide bonds. The van der Waals surface area contributed by atoms with Gasteiger partial charge >= 0.3 is 0 Å². The fourth-order valence-electron chi connectivity index (χ4n) is 5.28. The molecular formula is C21H27N7. The molecule has 7 nitrogen and oxygen atoms in total. The second-order valence-corrected chi connectivity index (χ2v) is 8.63. The zero-order chi connectivity index (χ0) is 19.3. The highest BCUT2D eigenvalue weighted by Gasteiger charge is 2.43. The van der Waals surface area contributed by atoms with Crippen molar-refractivity contribution in [2.24, 2.45) is 11.1 Å². The number of aromatic nitrogens is 5. The predicted molar refractivity (Wildman–Crippen MR) is 110 cm³/mol. The second-order valence-electron chi connectivity index (χ2n) is 8.63. The first kappa shape index (κ1) is 17.6. The molecule has 5 N–H and O–H groups in total. The summed E-state index contributed by atoms with van der Waals surface area (Å²) in [6.45, 7) is 2.00. The average Bonchev–Trinajstić information content (AvgIpc) is 3.28. The first-order valence-corrected chi connectivity index (χ1v) is 10.2. The maximum atomic E-state index is 6.43. The molecule has 3 aromatic rings. The third kappa shape index (κ3) is 2.76. The summed E-state index contributed by atoms with van der Waals surface area (Å²) in [6.07, 6.45) is 12.2. The Morgan fingerprint density at radius 3 is 2.68 bits per heavy atom. The topological polar surface area (TPSA) is 119 Å². The molecule has 0 radical (unpaired) electrons. The average molecular weight is 377 g/mol. The van der Waals surface area contributed by atoms with Crippen molar-refractivity contribution in [2.45, 2.75) is 63.8 Å². The van der Waals surface area contributed by atoms with Gasteiger partial charge in [0, 0.05) is 29.9 Å². The Bertz CT molecular complexity index is 1020. The van der Waals surface area contributed by atoms with Gasteiger partial charge in [0.15, 0.2) is 0 Å². The lowest BCUT2D eigenvalue weighted by molar-refractivity contribution is 0.157. The Morgan fingerprint density at radius 1 is 1.11 bits per heavy atom. The maximum Gasteiger partial charge on any atom is 0.200 e. The van der Waals surface area contributed by atoms with E-state index in [2.05, 4.69) is 15.2 Å². The molecule has 2 fully saturated rings. The van der Waals surface area contributed by atoms with Gasteiger partial charge in [0.2, 0.25) is 5.65 Å². The monoisotopic (exact) mass is 377 g/mol. The van der Waals surface area contributed by atoms with Crippen molar-refractivity contribution in [3.8, 4) is 11.3 Å². The van der Waals surface area contributed by atoms with Gasteiger partial charge in [0.25, 0.3) is 0 Å². The summed E-state index contributed by atoms with van der Waals surface area (Å²) in [5.74, 6) is 0.933. The minimum atomic E-state index is 0.381. The predicted octanol–water partition coefficient (Wildman–Crippen LogP) is 3.46. The molecule has 1 atom stereocenters. The molecule has 0 unspecified atom stereocenters. The lowest BCUT2D eigenvalue weighted by Crippen LogP contribution is -2.39. The Labute approximate surface area is 164 Å². The Hall–Kier alpha value is -2.54. The molecule has 7 heteroatoms. The zero-order valence-corrected chi connectivity index (χ0v) is 16.3. The number of H-pyrrole nitrogens is 1. The highest BCUT2D eigenvalue weighted by molar-refractivity contribution is 5.88. The van der Waals surface area contributed by atoms with Gasteiger partial charge in [-0.25, -0.2) is 15.0 Å². The lowest BCUT2D eigenvalue weighted by atomic mass is 9.67. The van der Waals surface area contributed by atoms with Crippen molar-refractivity contribution in [1.29, 1.82) is 0 Å². The van der Waals surface area contributed by atoms with Gasteiger partial charge in [-0.1, -0.05) is 6.42 Å². The number of aromatic amines is 1. The normalized spacial score (nSPS) is 27.6. The highest BCUT2D eigenvalue weighted by Crippen LogP contribution is 2.51. The van der Waals surface area contributed by atoms with E-state index in [1.807, 2.05) is 19.2 Å². The van der Waals surface area contributed by atoms with Crippen LogP contribution in [0.1, 0.15) is 62.1 Å². The van der Waals surface area contributed by atoms with Gasteiger partial charge in [-0.3, -0.25) is 5.10 Å². The fourth-order valence-corrected chi connectivity index (χ4v) is 5.28. The van der Waals surface area contributed by atoms with E-state index in [-0.39, 0.29) is 0 Å². The van der Waals surface area contributed by atoms with Crippen molar-refractivity contribution in [3.05, 3.63) is 29.7 Å². The van der Waals surface area contributed by atoms with Crippen LogP contribution in [0.25, 0.3) is 22.4 Å². The number of hydrogen-bond acceptors (Lipinski definition) is 6. The molecule has 0 saturated heterocycles. The highest BCUT2D eigenvalue weighted by atomic mass is 15.2. The number of anilines is 1. The molecule has 0 aliphatic heterocycles. The van der Waals surface area contributed by atoms with Gasteiger partial charge in [-0.2, -0.15) is 5.10 Å². The minimum Gasteiger partial charge on any atom is -0.384 e. The van der Waals surface area contributed by atoms with Crippen LogP contribution in [0.3, 0.4) is 0 Å². The standard InChI is InChI=1S/C21H27N7/c1-12-10-24-17(23)9-14(12)18-19-20(28-27-18)26-15(11-25-19)13-4-7-21(8-5-13)6-2-3-16(21)22/h9-11,13,16H,2-8,22H2,1H3,(H2,23,24)(H,26,27,28)/t13?,16-,21?/m1/s1. The number of nitrogens with zero attached hydrogens (tertiary/aromatic N) is 4. The number of nitrogens with one attached hydrogen (secondary N) is 1. The summed E-state index contributed by atoms with van der Waals surface area (Å²) in [5.41, 5.74) is 18.0. The van der Waals surface area contributed by atoms with E-state index < -0.39 is 0 Å². The van der Waals surface area contributed by atoms with Crippen LogP contribution >= 0.6 is 0 Å². The van der Waals surface area contributed by atoms with Gasteiger partial charge in [0.1, 0.15) is 11.3 Å². The van der Waals surface area contributed by atoms with Crippen molar-refractivity contribution in [2.75, 3.05) is 5.73 Å². The van der Waals surface area contributed by atoms with Crippen LogP contribution < -0.4 is 11.5 Å². The molecule has 2 aliphatic carbocycles. The number of nitrogen functional groups attached to an aromatic ring is 1. The molecule has 146 valence electrons. The van der Waals surface area contributed by atoms with E-state index in [4.69, 9.17) is 21.4 Å². The number of hydrogen-bond donors (Lipinski definition) is 3. The second kappa shape index (κ2) is 6.51.